The van der Waals surface area contributed by atoms with Crippen LogP contribution in [0.1, 0.15) is 80.6 Å². The summed E-state index contributed by atoms with van der Waals surface area (Å²) in [6.07, 6.45) is 7.50. The van der Waals surface area contributed by atoms with E-state index in [4.69, 9.17) is 4.74 Å². The number of amides is 1. The molecule has 3 fully saturated rings. The van der Waals surface area contributed by atoms with Crippen LogP contribution in [0.3, 0.4) is 0 Å². The summed E-state index contributed by atoms with van der Waals surface area (Å²) >= 11 is 0. The fourth-order valence-corrected chi connectivity index (χ4v) is 8.35. The summed E-state index contributed by atoms with van der Waals surface area (Å²) in [6.45, 7) is 4.48. The molecule has 0 spiro atoms. The number of nitrogens with zero attached hydrogens (tertiary/aromatic N) is 1. The van der Waals surface area contributed by atoms with E-state index in [1.54, 1.807) is 18.2 Å². The molecule has 52 heavy (non-hydrogen) atoms. The number of rotatable bonds is 18. The molecule has 3 atom stereocenters. The van der Waals surface area contributed by atoms with Gasteiger partial charge in [-0.15, -0.1) is 0 Å². The van der Waals surface area contributed by atoms with Gasteiger partial charge >= 0.3 is 6.09 Å². The molecule has 3 aliphatic rings. The molecule has 278 valence electrons. The number of piperidine rings is 3. The number of aliphatic hydroxyl groups is 1. The number of H-pyrrole nitrogens is 1. The monoisotopic (exact) mass is 714 g/mol. The quantitative estimate of drug-likeness (QED) is 0.0628. The van der Waals surface area contributed by atoms with Gasteiger partial charge in [0.2, 0.25) is 5.56 Å². The number of unbranched alkanes of at least 4 members (excludes halogenated alkanes) is 6. The van der Waals surface area contributed by atoms with E-state index in [-0.39, 0.29) is 17.2 Å². The molecule has 3 unspecified atom stereocenters. The second kappa shape index (κ2) is 17.4. The smallest absolute Gasteiger partial charge is 0.405 e. The molecule has 1 aromatic heterocycles. The van der Waals surface area contributed by atoms with Crippen molar-refractivity contribution in [1.82, 2.24) is 20.5 Å². The number of benzene rings is 3. The molecule has 0 saturated carbocycles. The zero-order valence-corrected chi connectivity index (χ0v) is 29.7. The summed E-state index contributed by atoms with van der Waals surface area (Å²) in [5.41, 5.74) is 0.954. The Morgan fingerprint density at radius 2 is 1.65 bits per heavy atom. The number of nitrogens with one attached hydrogen (secondary N) is 3. The van der Waals surface area contributed by atoms with Crippen molar-refractivity contribution in [3.8, 4) is 11.5 Å². The lowest BCUT2D eigenvalue weighted by molar-refractivity contribution is 0.00708. The number of ether oxygens (including phenoxy) is 1. The molecule has 3 aliphatic heterocycles. The summed E-state index contributed by atoms with van der Waals surface area (Å²) in [6, 6.07) is 20.2. The fourth-order valence-electron chi connectivity index (χ4n) is 8.35. The Kier molecular flexibility index (Phi) is 12.5. The number of aromatic nitrogens is 1. The highest BCUT2D eigenvalue weighted by Gasteiger charge is 2.51. The molecule has 3 saturated heterocycles. The van der Waals surface area contributed by atoms with Gasteiger partial charge in [-0.3, -0.25) is 4.79 Å². The molecule has 3 aromatic carbocycles. The van der Waals surface area contributed by atoms with E-state index in [0.29, 0.717) is 46.8 Å². The Morgan fingerprint density at radius 1 is 0.942 bits per heavy atom. The van der Waals surface area contributed by atoms with E-state index in [2.05, 4.69) is 20.5 Å². The summed E-state index contributed by atoms with van der Waals surface area (Å²) in [5.74, 6) is 0.535. The molecule has 0 aliphatic carbocycles. The lowest BCUT2D eigenvalue weighted by Gasteiger charge is -2.53. The molecule has 0 radical (unpaired) electrons. The van der Waals surface area contributed by atoms with Crippen molar-refractivity contribution < 1.29 is 29.2 Å². The Labute approximate surface area is 304 Å². The van der Waals surface area contributed by atoms with Gasteiger partial charge in [-0.1, -0.05) is 62.4 Å². The largest absolute Gasteiger partial charge is 0.506 e. The third-order valence-corrected chi connectivity index (χ3v) is 11.0. The number of carbonyl (C=O) groups is 1. The first-order chi connectivity index (χ1) is 25.2. The number of aromatic amines is 1. The van der Waals surface area contributed by atoms with E-state index in [1.165, 1.54) is 24.3 Å². The van der Waals surface area contributed by atoms with Crippen molar-refractivity contribution in [3.63, 3.8) is 0 Å². The van der Waals surface area contributed by atoms with Crippen molar-refractivity contribution in [1.29, 1.82) is 0 Å². The van der Waals surface area contributed by atoms with Crippen LogP contribution >= 0.6 is 0 Å². The number of carboxylic acid groups (broad SMARTS) is 1. The minimum atomic E-state index is -1.14. The van der Waals surface area contributed by atoms with Crippen LogP contribution in [0.4, 0.5) is 9.18 Å². The van der Waals surface area contributed by atoms with E-state index >= 15 is 0 Å². The molecule has 4 heterocycles. The highest BCUT2D eigenvalue weighted by atomic mass is 19.1. The van der Waals surface area contributed by atoms with E-state index in [1.807, 2.05) is 30.3 Å². The topological polar surface area (TPSA) is 147 Å². The van der Waals surface area contributed by atoms with E-state index in [9.17, 15) is 29.3 Å². The first-order valence-electron chi connectivity index (χ1n) is 18.7. The first-order valence-corrected chi connectivity index (χ1v) is 18.7. The summed E-state index contributed by atoms with van der Waals surface area (Å²) in [4.78, 5) is 29.1. The van der Waals surface area contributed by atoms with Gasteiger partial charge in [-0.2, -0.15) is 0 Å². The molecule has 10 nitrogen and oxygen atoms in total. The normalized spacial score (nSPS) is 20.0. The van der Waals surface area contributed by atoms with Crippen LogP contribution in [-0.2, 0) is 5.54 Å². The van der Waals surface area contributed by atoms with E-state index in [0.717, 1.165) is 89.5 Å². The van der Waals surface area contributed by atoms with Gasteiger partial charge in [0, 0.05) is 30.5 Å². The number of halogens is 1. The average Bonchev–Trinajstić information content (AvgIpc) is 3.15. The van der Waals surface area contributed by atoms with Gasteiger partial charge in [0.15, 0.2) is 0 Å². The lowest BCUT2D eigenvalue weighted by atomic mass is 9.63. The number of hydrogen-bond acceptors (Lipinski definition) is 7. The van der Waals surface area contributed by atoms with Gasteiger partial charge in [0.25, 0.3) is 0 Å². The first kappa shape index (κ1) is 37.3. The van der Waals surface area contributed by atoms with Gasteiger partial charge in [0.05, 0.1) is 23.8 Å². The fraction of sp³-hybridized carbons (Fsp3) is 0.463. The third kappa shape index (κ3) is 8.77. The van der Waals surface area contributed by atoms with Crippen LogP contribution in [0.25, 0.3) is 10.9 Å². The Bertz CT molecular complexity index is 1860. The predicted octanol–water partition coefficient (Wildman–Crippen LogP) is 6.66. The maximum Gasteiger partial charge on any atom is 0.405 e. The van der Waals surface area contributed by atoms with Gasteiger partial charge in [-0.25, -0.2) is 9.18 Å². The van der Waals surface area contributed by atoms with Crippen LogP contribution in [-0.4, -0.2) is 70.6 Å². The SMILES string of the molecule is O=C(O)NC(c1cccc(F)c1)(c1cccc(OCCCCCCCCCNCC(O)c2ccc(O)c3[nH]c(=O)ccc23)c1)C1CN2CCC1CC2. The van der Waals surface area contributed by atoms with Gasteiger partial charge in [0.1, 0.15) is 17.3 Å². The van der Waals surface area contributed by atoms with Crippen molar-refractivity contribution in [3.05, 3.63) is 106 Å². The van der Waals surface area contributed by atoms with Crippen LogP contribution < -0.4 is 20.9 Å². The number of aliphatic hydroxyl groups excluding tert-OH is 1. The molecular weight excluding hydrogens is 663 g/mol. The van der Waals surface area contributed by atoms with Crippen molar-refractivity contribution in [2.24, 2.45) is 11.8 Å². The van der Waals surface area contributed by atoms with Crippen LogP contribution in [0, 0.1) is 17.7 Å². The number of fused-ring (bicyclic) bond motifs is 4. The molecule has 1 amide bonds. The Morgan fingerprint density at radius 3 is 2.37 bits per heavy atom. The summed E-state index contributed by atoms with van der Waals surface area (Å²) < 4.78 is 20.9. The zero-order chi connectivity index (χ0) is 36.5. The van der Waals surface area contributed by atoms with Crippen molar-refractivity contribution in [2.45, 2.75) is 69.4 Å². The average molecular weight is 715 g/mol. The zero-order valence-electron chi connectivity index (χ0n) is 29.7. The molecular formula is C41H51FN4O6. The van der Waals surface area contributed by atoms with Crippen LogP contribution in [0.15, 0.2) is 77.6 Å². The molecule has 2 bridgehead atoms. The molecule has 7 rings (SSSR count). The number of phenolic OH excluding ortho intramolecular Hbond substituents is 1. The third-order valence-electron chi connectivity index (χ3n) is 11.0. The highest BCUT2D eigenvalue weighted by Crippen LogP contribution is 2.48. The predicted molar refractivity (Wildman–Crippen MR) is 199 cm³/mol. The van der Waals surface area contributed by atoms with Crippen molar-refractivity contribution >= 4 is 17.0 Å². The summed E-state index contributed by atoms with van der Waals surface area (Å²) in [7, 11) is 0. The minimum Gasteiger partial charge on any atom is -0.506 e. The maximum atomic E-state index is 14.7. The molecule has 4 aromatic rings. The van der Waals surface area contributed by atoms with Gasteiger partial charge in [-0.05, 0) is 104 Å². The summed E-state index contributed by atoms with van der Waals surface area (Å²) in [5, 5.41) is 37.8. The number of hydrogen-bond donors (Lipinski definition) is 6. The number of aromatic hydroxyl groups is 1. The van der Waals surface area contributed by atoms with Crippen LogP contribution in [0.5, 0.6) is 11.5 Å². The molecule has 6 N–H and O–H groups in total. The Hall–Kier alpha value is -4.45. The van der Waals surface area contributed by atoms with Crippen molar-refractivity contribution in [2.75, 3.05) is 39.3 Å². The minimum absolute atomic E-state index is 0.0221. The Balaban J connectivity index is 0.937. The number of pyridine rings is 1. The highest BCUT2D eigenvalue weighted by molar-refractivity contribution is 5.87. The van der Waals surface area contributed by atoms with Crippen LogP contribution in [0.2, 0.25) is 0 Å². The second-order valence-corrected chi connectivity index (χ2v) is 14.3. The number of phenols is 1. The van der Waals surface area contributed by atoms with Gasteiger partial charge < -0.3 is 40.6 Å². The standard InChI is InChI=1S/C41H51FN4O6/c42-31-12-8-10-29(24-31)41(45-40(50)51,35-27-46-21-18-28(35)19-22-46)30-11-9-13-32(25-30)52-23-7-5-3-1-2-4-6-20-43-26-37(48)33-14-16-36(47)39-34(33)15-17-38(49)44-39/h8-17,24-25,28,35,37,43,45,47-48H,1-7,18-23,26-27H2,(H,44,49)(H,50,51). The lowest BCUT2D eigenvalue weighted by Crippen LogP contribution is -2.61. The molecule has 11 heteroatoms. The second-order valence-electron chi connectivity index (χ2n) is 14.3. The maximum absolute atomic E-state index is 14.7. The van der Waals surface area contributed by atoms with E-state index < -0.39 is 23.6 Å².